The number of hydrogen-bond donors (Lipinski definition) is 1. The number of hydrogen-bond acceptors (Lipinski definition) is 6. The van der Waals surface area contributed by atoms with Crippen molar-refractivity contribution in [3.8, 4) is 5.75 Å². The molecule has 6 nitrogen and oxygen atoms in total. The predicted octanol–water partition coefficient (Wildman–Crippen LogP) is 6.62. The second-order valence-electron chi connectivity index (χ2n) is 8.82. The summed E-state index contributed by atoms with van der Waals surface area (Å²) in [5.74, 6) is 0.747. The number of nitrogens with one attached hydrogen (secondary N) is 1. The molecule has 2 aromatic heterocycles. The van der Waals surface area contributed by atoms with Gasteiger partial charge < -0.3 is 19.2 Å². The summed E-state index contributed by atoms with van der Waals surface area (Å²) in [6, 6.07) is 9.38. The molecule has 0 aliphatic heterocycles. The summed E-state index contributed by atoms with van der Waals surface area (Å²) < 4.78 is 17.2. The molecule has 1 N–H and O–H groups in total. The third-order valence-electron chi connectivity index (χ3n) is 6.08. The van der Waals surface area contributed by atoms with Gasteiger partial charge in [0.05, 0.1) is 11.7 Å². The molecular weight excluding hydrogens is 450 g/mol. The van der Waals surface area contributed by atoms with E-state index < -0.39 is 5.91 Å². The van der Waals surface area contributed by atoms with Gasteiger partial charge in [-0.3, -0.25) is 4.79 Å². The molecule has 0 saturated carbocycles. The Morgan fingerprint density at radius 2 is 1.94 bits per heavy atom. The van der Waals surface area contributed by atoms with Crippen LogP contribution in [-0.4, -0.2) is 18.0 Å². The van der Waals surface area contributed by atoms with Crippen LogP contribution >= 0.6 is 11.3 Å². The molecule has 0 bridgehead atoms. The fraction of sp³-hybridized carbons (Fsp3) is 0.407. The van der Waals surface area contributed by atoms with Crippen molar-refractivity contribution in [1.82, 2.24) is 0 Å². The van der Waals surface area contributed by atoms with Crippen molar-refractivity contribution < 1.29 is 23.5 Å². The normalized spacial score (nSPS) is 13.8. The Kier molecular flexibility index (Phi) is 7.41. The highest BCUT2D eigenvalue weighted by molar-refractivity contribution is 7.17. The van der Waals surface area contributed by atoms with Gasteiger partial charge >= 0.3 is 5.97 Å². The number of aryl methyl sites for hydroxylation is 3. The number of benzene rings is 1. The minimum atomic E-state index is -0.394. The SMILES string of the molecule is CCC(C)OC(=O)c1c(NC(=O)c2ccc(COc3cc(C)ccc3C)o2)sc2c1CCCC2. The summed E-state index contributed by atoms with van der Waals surface area (Å²) >= 11 is 1.47. The van der Waals surface area contributed by atoms with Gasteiger partial charge in [0, 0.05) is 4.88 Å². The lowest BCUT2D eigenvalue weighted by atomic mass is 9.95. The van der Waals surface area contributed by atoms with Crippen LogP contribution in [0.4, 0.5) is 5.00 Å². The maximum absolute atomic E-state index is 13.0. The van der Waals surface area contributed by atoms with Crippen LogP contribution in [0.5, 0.6) is 5.75 Å². The highest BCUT2D eigenvalue weighted by Gasteiger charge is 2.28. The maximum atomic E-state index is 13.0. The van der Waals surface area contributed by atoms with Crippen LogP contribution in [0.25, 0.3) is 0 Å². The zero-order chi connectivity index (χ0) is 24.2. The number of anilines is 1. The van der Waals surface area contributed by atoms with Crippen LogP contribution in [0.2, 0.25) is 0 Å². The molecule has 3 aromatic rings. The van der Waals surface area contributed by atoms with Crippen LogP contribution in [0.15, 0.2) is 34.7 Å². The minimum Gasteiger partial charge on any atom is -0.485 e. The van der Waals surface area contributed by atoms with E-state index >= 15 is 0 Å². The van der Waals surface area contributed by atoms with E-state index in [0.717, 1.165) is 59.4 Å². The van der Waals surface area contributed by atoms with Crippen molar-refractivity contribution in [2.24, 2.45) is 0 Å². The lowest BCUT2D eigenvalue weighted by Crippen LogP contribution is -2.18. The van der Waals surface area contributed by atoms with Crippen molar-refractivity contribution >= 4 is 28.2 Å². The molecule has 1 amide bonds. The highest BCUT2D eigenvalue weighted by Crippen LogP contribution is 2.39. The smallest absolute Gasteiger partial charge is 0.341 e. The monoisotopic (exact) mass is 481 g/mol. The third kappa shape index (κ3) is 5.36. The average molecular weight is 482 g/mol. The Morgan fingerprint density at radius 3 is 2.74 bits per heavy atom. The minimum absolute atomic E-state index is 0.173. The summed E-state index contributed by atoms with van der Waals surface area (Å²) in [6.07, 6.45) is 4.41. The first kappa shape index (κ1) is 24.1. The summed E-state index contributed by atoms with van der Waals surface area (Å²) in [4.78, 5) is 27.1. The van der Waals surface area contributed by atoms with Crippen LogP contribution in [-0.2, 0) is 24.2 Å². The van der Waals surface area contributed by atoms with E-state index in [-0.39, 0.29) is 24.4 Å². The predicted molar refractivity (Wildman–Crippen MR) is 133 cm³/mol. The van der Waals surface area contributed by atoms with E-state index in [1.165, 1.54) is 11.3 Å². The lowest BCUT2D eigenvalue weighted by molar-refractivity contribution is 0.0335. The molecule has 0 radical (unpaired) electrons. The van der Waals surface area contributed by atoms with E-state index in [4.69, 9.17) is 13.9 Å². The van der Waals surface area contributed by atoms with E-state index in [2.05, 4.69) is 5.32 Å². The third-order valence-corrected chi connectivity index (χ3v) is 7.29. The second-order valence-corrected chi connectivity index (χ2v) is 9.92. The molecule has 34 heavy (non-hydrogen) atoms. The molecule has 1 aliphatic carbocycles. The van der Waals surface area contributed by atoms with Gasteiger partial charge in [-0.05, 0) is 87.8 Å². The molecule has 0 fully saturated rings. The van der Waals surface area contributed by atoms with Crippen molar-refractivity contribution in [2.45, 2.75) is 72.5 Å². The van der Waals surface area contributed by atoms with E-state index in [9.17, 15) is 9.59 Å². The molecule has 0 saturated heterocycles. The first-order valence-electron chi connectivity index (χ1n) is 11.8. The number of carbonyl (C=O) groups is 2. The van der Waals surface area contributed by atoms with E-state index in [0.29, 0.717) is 16.3 Å². The zero-order valence-electron chi connectivity index (χ0n) is 20.2. The fourth-order valence-electron chi connectivity index (χ4n) is 3.95. The van der Waals surface area contributed by atoms with Crippen LogP contribution in [0, 0.1) is 13.8 Å². The summed E-state index contributed by atoms with van der Waals surface area (Å²) in [5.41, 5.74) is 3.66. The van der Waals surface area contributed by atoms with Gasteiger partial charge in [0.1, 0.15) is 23.1 Å². The Morgan fingerprint density at radius 1 is 1.15 bits per heavy atom. The standard InChI is InChI=1S/C27H31NO5S/c1-5-18(4)32-27(30)24-20-8-6-7-9-23(20)34-26(24)28-25(29)21-13-12-19(33-21)15-31-22-14-16(2)10-11-17(22)3/h10-14,18H,5-9,15H2,1-4H3,(H,28,29). The molecule has 1 unspecified atom stereocenters. The molecule has 1 aromatic carbocycles. The number of amides is 1. The molecule has 4 rings (SSSR count). The van der Waals surface area contributed by atoms with Crippen molar-refractivity contribution in [3.63, 3.8) is 0 Å². The van der Waals surface area contributed by atoms with Gasteiger partial charge in [-0.15, -0.1) is 11.3 Å². The van der Waals surface area contributed by atoms with Crippen LogP contribution in [0.1, 0.15) is 81.4 Å². The Hall–Kier alpha value is -3.06. The summed E-state index contributed by atoms with van der Waals surface area (Å²) in [6.45, 7) is 8.07. The first-order valence-corrected chi connectivity index (χ1v) is 12.6. The molecule has 1 aliphatic rings. The molecule has 180 valence electrons. The Balaban J connectivity index is 1.48. The number of ether oxygens (including phenoxy) is 2. The van der Waals surface area contributed by atoms with Gasteiger partial charge in [-0.1, -0.05) is 19.1 Å². The van der Waals surface area contributed by atoms with Crippen molar-refractivity contribution in [2.75, 3.05) is 5.32 Å². The number of esters is 1. The van der Waals surface area contributed by atoms with Gasteiger partial charge in [0.25, 0.3) is 5.91 Å². The highest BCUT2D eigenvalue weighted by atomic mass is 32.1. The Labute approximate surface area is 204 Å². The molecule has 7 heteroatoms. The first-order chi connectivity index (χ1) is 16.4. The van der Waals surface area contributed by atoms with Crippen LogP contribution < -0.4 is 10.1 Å². The van der Waals surface area contributed by atoms with Crippen molar-refractivity contribution in [3.05, 3.63) is 69.0 Å². The molecular formula is C27H31NO5S. The molecule has 1 atom stereocenters. The van der Waals surface area contributed by atoms with Gasteiger partial charge in [0.15, 0.2) is 5.76 Å². The second kappa shape index (κ2) is 10.5. The fourth-order valence-corrected chi connectivity index (χ4v) is 5.22. The lowest BCUT2D eigenvalue weighted by Gasteiger charge is -2.15. The van der Waals surface area contributed by atoms with Gasteiger partial charge in [0.2, 0.25) is 0 Å². The zero-order valence-corrected chi connectivity index (χ0v) is 21.0. The summed E-state index contributed by atoms with van der Waals surface area (Å²) in [7, 11) is 0. The number of furan rings is 1. The quantitative estimate of drug-likeness (QED) is 0.366. The van der Waals surface area contributed by atoms with Gasteiger partial charge in [-0.2, -0.15) is 0 Å². The van der Waals surface area contributed by atoms with E-state index in [1.807, 2.05) is 45.9 Å². The number of thiophene rings is 1. The maximum Gasteiger partial charge on any atom is 0.341 e. The Bertz CT molecular complexity index is 1190. The van der Waals surface area contributed by atoms with Crippen molar-refractivity contribution in [1.29, 1.82) is 0 Å². The van der Waals surface area contributed by atoms with Gasteiger partial charge in [-0.25, -0.2) is 4.79 Å². The van der Waals surface area contributed by atoms with E-state index in [1.54, 1.807) is 12.1 Å². The largest absolute Gasteiger partial charge is 0.485 e. The topological polar surface area (TPSA) is 77.8 Å². The molecule has 2 heterocycles. The molecule has 0 spiro atoms. The van der Waals surface area contributed by atoms with Crippen LogP contribution in [0.3, 0.4) is 0 Å². The number of fused-ring (bicyclic) bond motifs is 1. The number of carbonyl (C=O) groups excluding carboxylic acids is 2. The number of rotatable bonds is 8. The summed E-state index contributed by atoms with van der Waals surface area (Å²) in [5, 5.41) is 3.44. The average Bonchev–Trinajstić information content (AvgIpc) is 3.44.